The molecular weight excluding hydrogens is 230 g/mol. The van der Waals surface area contributed by atoms with Gasteiger partial charge in [-0.05, 0) is 23.6 Å². The molecule has 0 spiro atoms. The second-order valence-corrected chi connectivity index (χ2v) is 4.85. The topological polar surface area (TPSA) is 29.1 Å². The Labute approximate surface area is 109 Å². The Morgan fingerprint density at radius 1 is 1.24 bits per heavy atom. The average Bonchev–Trinajstić information content (AvgIpc) is 2.33. The SMILES string of the molecule is CCC(CC)CNC(=O)Cc1ccc(S)cc1. The van der Waals surface area contributed by atoms with E-state index in [9.17, 15) is 4.79 Å². The summed E-state index contributed by atoms with van der Waals surface area (Å²) < 4.78 is 0. The first-order valence-electron chi connectivity index (χ1n) is 6.20. The van der Waals surface area contributed by atoms with E-state index in [-0.39, 0.29) is 5.91 Å². The fourth-order valence-electron chi connectivity index (χ4n) is 1.70. The smallest absolute Gasteiger partial charge is 0.224 e. The number of rotatable bonds is 6. The zero-order chi connectivity index (χ0) is 12.7. The van der Waals surface area contributed by atoms with Gasteiger partial charge in [0.25, 0.3) is 0 Å². The van der Waals surface area contributed by atoms with E-state index in [2.05, 4.69) is 31.8 Å². The highest BCUT2D eigenvalue weighted by Gasteiger charge is 2.07. The predicted octanol–water partition coefficient (Wildman–Crippen LogP) is 3.07. The quantitative estimate of drug-likeness (QED) is 0.748. The van der Waals surface area contributed by atoms with E-state index >= 15 is 0 Å². The van der Waals surface area contributed by atoms with Crippen LogP contribution in [0, 0.1) is 5.92 Å². The van der Waals surface area contributed by atoms with Gasteiger partial charge in [0.2, 0.25) is 5.91 Å². The maximum atomic E-state index is 11.7. The second kappa shape index (κ2) is 7.38. The van der Waals surface area contributed by atoms with E-state index in [1.54, 1.807) is 0 Å². The van der Waals surface area contributed by atoms with Crippen LogP contribution in [0.4, 0.5) is 0 Å². The fraction of sp³-hybridized carbons (Fsp3) is 0.500. The van der Waals surface area contributed by atoms with E-state index in [4.69, 9.17) is 0 Å². The Bertz CT molecular complexity index is 344. The monoisotopic (exact) mass is 251 g/mol. The van der Waals surface area contributed by atoms with Crippen molar-refractivity contribution in [3.05, 3.63) is 29.8 Å². The van der Waals surface area contributed by atoms with Crippen LogP contribution in [-0.4, -0.2) is 12.5 Å². The number of benzene rings is 1. The molecule has 0 aliphatic rings. The van der Waals surface area contributed by atoms with Crippen LogP contribution in [0.15, 0.2) is 29.2 Å². The third-order valence-corrected chi connectivity index (χ3v) is 3.34. The maximum absolute atomic E-state index is 11.7. The van der Waals surface area contributed by atoms with Gasteiger partial charge >= 0.3 is 0 Å². The lowest BCUT2D eigenvalue weighted by Crippen LogP contribution is -2.30. The maximum Gasteiger partial charge on any atom is 0.224 e. The molecule has 0 atom stereocenters. The minimum atomic E-state index is 0.101. The molecule has 1 N–H and O–H groups in total. The van der Waals surface area contributed by atoms with E-state index in [1.807, 2.05) is 24.3 Å². The van der Waals surface area contributed by atoms with Gasteiger partial charge in [-0.15, -0.1) is 12.6 Å². The molecule has 1 amide bonds. The molecule has 1 aromatic carbocycles. The zero-order valence-electron chi connectivity index (χ0n) is 10.6. The number of nitrogens with one attached hydrogen (secondary N) is 1. The summed E-state index contributed by atoms with van der Waals surface area (Å²) in [6, 6.07) is 7.71. The largest absolute Gasteiger partial charge is 0.356 e. The highest BCUT2D eigenvalue weighted by molar-refractivity contribution is 7.80. The summed E-state index contributed by atoms with van der Waals surface area (Å²) in [5, 5.41) is 2.99. The molecular formula is C14H21NOS. The Kier molecular flexibility index (Phi) is 6.12. The van der Waals surface area contributed by atoms with Gasteiger partial charge in [0.15, 0.2) is 0 Å². The Balaban J connectivity index is 2.37. The van der Waals surface area contributed by atoms with Crippen LogP contribution >= 0.6 is 12.6 Å². The van der Waals surface area contributed by atoms with E-state index in [0.717, 1.165) is 29.8 Å². The van der Waals surface area contributed by atoms with Crippen molar-refractivity contribution in [1.82, 2.24) is 5.32 Å². The molecule has 0 aromatic heterocycles. The van der Waals surface area contributed by atoms with Crippen molar-refractivity contribution in [2.24, 2.45) is 5.92 Å². The molecule has 0 unspecified atom stereocenters. The summed E-state index contributed by atoms with van der Waals surface area (Å²) >= 11 is 4.22. The summed E-state index contributed by atoms with van der Waals surface area (Å²) in [5.41, 5.74) is 1.03. The number of hydrogen-bond donors (Lipinski definition) is 2. The van der Waals surface area contributed by atoms with Gasteiger partial charge in [0, 0.05) is 11.4 Å². The van der Waals surface area contributed by atoms with E-state index < -0.39 is 0 Å². The van der Waals surface area contributed by atoms with Gasteiger partial charge in [-0.25, -0.2) is 0 Å². The third-order valence-electron chi connectivity index (χ3n) is 3.04. The Morgan fingerprint density at radius 2 is 1.82 bits per heavy atom. The molecule has 17 heavy (non-hydrogen) atoms. The van der Waals surface area contributed by atoms with Crippen LogP contribution in [0.2, 0.25) is 0 Å². The van der Waals surface area contributed by atoms with Crippen LogP contribution in [0.3, 0.4) is 0 Å². The number of hydrogen-bond acceptors (Lipinski definition) is 2. The van der Waals surface area contributed by atoms with Crippen LogP contribution in [0.5, 0.6) is 0 Å². The van der Waals surface area contributed by atoms with Gasteiger partial charge < -0.3 is 5.32 Å². The molecule has 1 aromatic rings. The first kappa shape index (κ1) is 14.1. The number of carbonyl (C=O) groups excluding carboxylic acids is 1. The lowest BCUT2D eigenvalue weighted by Gasteiger charge is -2.13. The van der Waals surface area contributed by atoms with Crippen LogP contribution in [0.25, 0.3) is 0 Å². The van der Waals surface area contributed by atoms with Crippen LogP contribution < -0.4 is 5.32 Å². The zero-order valence-corrected chi connectivity index (χ0v) is 11.5. The molecule has 0 aliphatic heterocycles. The fourth-order valence-corrected chi connectivity index (χ4v) is 1.85. The minimum absolute atomic E-state index is 0.101. The molecule has 0 radical (unpaired) electrons. The Morgan fingerprint density at radius 3 is 2.35 bits per heavy atom. The second-order valence-electron chi connectivity index (χ2n) is 4.33. The van der Waals surface area contributed by atoms with Crippen molar-refractivity contribution in [3.63, 3.8) is 0 Å². The van der Waals surface area contributed by atoms with E-state index in [0.29, 0.717) is 12.3 Å². The van der Waals surface area contributed by atoms with Crippen LogP contribution in [0.1, 0.15) is 32.3 Å². The molecule has 0 bridgehead atoms. The van der Waals surface area contributed by atoms with E-state index in [1.165, 1.54) is 0 Å². The summed E-state index contributed by atoms with van der Waals surface area (Å²) in [4.78, 5) is 12.6. The van der Waals surface area contributed by atoms with Gasteiger partial charge in [0.05, 0.1) is 6.42 Å². The summed E-state index contributed by atoms with van der Waals surface area (Å²) in [6.45, 7) is 5.11. The summed E-state index contributed by atoms with van der Waals surface area (Å²) in [5.74, 6) is 0.697. The van der Waals surface area contributed by atoms with Crippen molar-refractivity contribution in [2.45, 2.75) is 38.0 Å². The van der Waals surface area contributed by atoms with Crippen molar-refractivity contribution >= 4 is 18.5 Å². The molecule has 94 valence electrons. The molecule has 2 nitrogen and oxygen atoms in total. The minimum Gasteiger partial charge on any atom is -0.356 e. The molecule has 3 heteroatoms. The molecule has 0 saturated carbocycles. The van der Waals surface area contributed by atoms with Gasteiger partial charge in [-0.3, -0.25) is 4.79 Å². The molecule has 0 heterocycles. The first-order valence-corrected chi connectivity index (χ1v) is 6.65. The Hall–Kier alpha value is -0.960. The number of thiol groups is 1. The standard InChI is InChI=1S/C14H21NOS/c1-3-11(4-2)10-15-14(16)9-12-5-7-13(17)8-6-12/h5-8,11,17H,3-4,9-10H2,1-2H3,(H,15,16). The van der Waals surface area contributed by atoms with Crippen molar-refractivity contribution < 1.29 is 4.79 Å². The van der Waals surface area contributed by atoms with Crippen molar-refractivity contribution in [1.29, 1.82) is 0 Å². The summed E-state index contributed by atoms with van der Waals surface area (Å²) in [6.07, 6.45) is 2.68. The molecule has 0 aliphatic carbocycles. The lowest BCUT2D eigenvalue weighted by atomic mass is 10.0. The molecule has 1 rings (SSSR count). The number of amides is 1. The average molecular weight is 251 g/mol. The highest BCUT2D eigenvalue weighted by atomic mass is 32.1. The van der Waals surface area contributed by atoms with Gasteiger partial charge in [-0.1, -0.05) is 38.8 Å². The lowest BCUT2D eigenvalue weighted by molar-refractivity contribution is -0.120. The predicted molar refractivity (Wildman–Crippen MR) is 74.5 cm³/mol. The number of carbonyl (C=O) groups is 1. The van der Waals surface area contributed by atoms with Crippen molar-refractivity contribution in [2.75, 3.05) is 6.54 Å². The van der Waals surface area contributed by atoms with Gasteiger partial charge in [0.1, 0.15) is 0 Å². The van der Waals surface area contributed by atoms with Gasteiger partial charge in [-0.2, -0.15) is 0 Å². The normalized spacial score (nSPS) is 10.6. The van der Waals surface area contributed by atoms with Crippen molar-refractivity contribution in [3.8, 4) is 0 Å². The highest BCUT2D eigenvalue weighted by Crippen LogP contribution is 2.09. The molecule has 0 saturated heterocycles. The summed E-state index contributed by atoms with van der Waals surface area (Å²) in [7, 11) is 0. The third kappa shape index (κ3) is 5.26. The van der Waals surface area contributed by atoms with Crippen LogP contribution in [-0.2, 0) is 11.2 Å². The first-order chi connectivity index (χ1) is 8.15. The molecule has 0 fully saturated rings.